The van der Waals surface area contributed by atoms with E-state index >= 15 is 0 Å². The minimum atomic E-state index is 0.603. The summed E-state index contributed by atoms with van der Waals surface area (Å²) >= 11 is 1.43. The predicted octanol–water partition coefficient (Wildman–Crippen LogP) is 3.24. The highest BCUT2D eigenvalue weighted by atomic mass is 32.2. The van der Waals surface area contributed by atoms with Crippen molar-refractivity contribution < 1.29 is 0 Å². The SMILES string of the molecule is Cc1cc(Nc2nc(Sc3ccccc3N)nn3cccc23)n[nH]1. The summed E-state index contributed by atoms with van der Waals surface area (Å²) in [5.74, 6) is 1.41. The monoisotopic (exact) mass is 337 g/mol. The average Bonchev–Trinajstić information content (AvgIpc) is 3.19. The molecule has 0 aliphatic heterocycles. The van der Waals surface area contributed by atoms with E-state index in [-0.39, 0.29) is 0 Å². The predicted molar refractivity (Wildman–Crippen MR) is 94.6 cm³/mol. The maximum atomic E-state index is 6.01. The van der Waals surface area contributed by atoms with E-state index in [9.17, 15) is 0 Å². The fourth-order valence-corrected chi connectivity index (χ4v) is 3.12. The van der Waals surface area contributed by atoms with E-state index in [0.29, 0.717) is 22.5 Å². The molecule has 0 saturated carbocycles. The molecule has 0 aliphatic rings. The van der Waals surface area contributed by atoms with Crippen LogP contribution in [-0.2, 0) is 0 Å². The molecule has 0 spiro atoms. The maximum absolute atomic E-state index is 6.01. The van der Waals surface area contributed by atoms with Crippen molar-refractivity contribution in [3.8, 4) is 0 Å². The van der Waals surface area contributed by atoms with Crippen molar-refractivity contribution in [3.05, 3.63) is 54.4 Å². The number of nitrogens with zero attached hydrogens (tertiary/aromatic N) is 4. The number of rotatable bonds is 4. The van der Waals surface area contributed by atoms with Crippen LogP contribution in [0.15, 0.2) is 58.7 Å². The molecule has 7 nitrogen and oxygen atoms in total. The molecule has 0 aliphatic carbocycles. The first-order valence-corrected chi connectivity index (χ1v) is 8.17. The number of nitrogens with one attached hydrogen (secondary N) is 2. The van der Waals surface area contributed by atoms with Crippen LogP contribution in [0.3, 0.4) is 0 Å². The quantitative estimate of drug-likeness (QED) is 0.495. The van der Waals surface area contributed by atoms with Crippen LogP contribution in [-0.4, -0.2) is 24.8 Å². The molecule has 1 aromatic carbocycles. The topological polar surface area (TPSA) is 96.9 Å². The van der Waals surface area contributed by atoms with Gasteiger partial charge in [0.1, 0.15) is 5.52 Å². The Bertz CT molecular complexity index is 1000. The van der Waals surface area contributed by atoms with Gasteiger partial charge in [0.05, 0.1) is 0 Å². The Labute approximate surface area is 142 Å². The van der Waals surface area contributed by atoms with Crippen LogP contribution in [0.4, 0.5) is 17.3 Å². The molecule has 4 aromatic rings. The van der Waals surface area contributed by atoms with Gasteiger partial charge in [0, 0.05) is 28.5 Å². The summed E-state index contributed by atoms with van der Waals surface area (Å²) in [4.78, 5) is 5.55. The number of para-hydroxylation sites is 1. The van der Waals surface area contributed by atoms with Crippen LogP contribution in [0.1, 0.15) is 5.69 Å². The second-order valence-electron chi connectivity index (χ2n) is 5.28. The summed E-state index contributed by atoms with van der Waals surface area (Å²) in [6.07, 6.45) is 1.89. The number of hydrogen-bond acceptors (Lipinski definition) is 6. The van der Waals surface area contributed by atoms with Gasteiger partial charge in [0.25, 0.3) is 0 Å². The minimum absolute atomic E-state index is 0.603. The van der Waals surface area contributed by atoms with Gasteiger partial charge in [-0.05, 0) is 43.0 Å². The van der Waals surface area contributed by atoms with E-state index < -0.39 is 0 Å². The van der Waals surface area contributed by atoms with Gasteiger partial charge in [-0.1, -0.05) is 12.1 Å². The second-order valence-corrected chi connectivity index (χ2v) is 6.29. The normalized spacial score (nSPS) is 11.0. The first-order chi connectivity index (χ1) is 11.7. The van der Waals surface area contributed by atoms with Crippen molar-refractivity contribution in [2.24, 2.45) is 0 Å². The average molecular weight is 337 g/mol. The number of nitrogen functional groups attached to an aromatic ring is 1. The molecule has 24 heavy (non-hydrogen) atoms. The molecule has 3 aromatic heterocycles. The lowest BCUT2D eigenvalue weighted by Gasteiger charge is -2.08. The molecule has 8 heteroatoms. The molecule has 0 bridgehead atoms. The Kier molecular flexibility index (Phi) is 3.58. The molecule has 0 radical (unpaired) electrons. The van der Waals surface area contributed by atoms with E-state index in [4.69, 9.17) is 5.73 Å². The smallest absolute Gasteiger partial charge is 0.214 e. The van der Waals surface area contributed by atoms with E-state index in [1.165, 1.54) is 11.8 Å². The molecular weight excluding hydrogens is 322 g/mol. The zero-order valence-corrected chi connectivity index (χ0v) is 13.7. The Morgan fingerprint density at radius 1 is 1.21 bits per heavy atom. The van der Waals surface area contributed by atoms with Crippen LogP contribution in [0.5, 0.6) is 0 Å². The summed E-state index contributed by atoms with van der Waals surface area (Å²) in [7, 11) is 0. The molecule has 0 saturated heterocycles. The van der Waals surface area contributed by atoms with Crippen LogP contribution in [0, 0.1) is 6.92 Å². The zero-order chi connectivity index (χ0) is 16.5. The lowest BCUT2D eigenvalue weighted by molar-refractivity contribution is 0.801. The van der Waals surface area contributed by atoms with Gasteiger partial charge in [0.15, 0.2) is 11.6 Å². The Balaban J connectivity index is 1.73. The number of aromatic amines is 1. The molecule has 120 valence electrons. The molecular formula is C16H15N7S. The van der Waals surface area contributed by atoms with Gasteiger partial charge in [-0.25, -0.2) is 9.50 Å². The summed E-state index contributed by atoms with van der Waals surface area (Å²) in [5.41, 5.74) is 8.57. The number of nitrogens with two attached hydrogens (primary N) is 1. The first kappa shape index (κ1) is 14.6. The number of hydrogen-bond donors (Lipinski definition) is 3. The molecule has 0 unspecified atom stereocenters. The van der Waals surface area contributed by atoms with Crippen LogP contribution < -0.4 is 11.1 Å². The van der Waals surface area contributed by atoms with Gasteiger partial charge in [0.2, 0.25) is 5.16 Å². The van der Waals surface area contributed by atoms with Gasteiger partial charge < -0.3 is 11.1 Å². The van der Waals surface area contributed by atoms with Crippen molar-refractivity contribution >= 4 is 34.6 Å². The number of H-pyrrole nitrogens is 1. The van der Waals surface area contributed by atoms with Crippen molar-refractivity contribution in [2.45, 2.75) is 17.0 Å². The van der Waals surface area contributed by atoms with Gasteiger partial charge in [-0.15, -0.1) is 5.10 Å². The van der Waals surface area contributed by atoms with Crippen molar-refractivity contribution in [2.75, 3.05) is 11.1 Å². The third kappa shape index (κ3) is 2.79. The van der Waals surface area contributed by atoms with E-state index in [1.54, 1.807) is 4.52 Å². The molecule has 3 heterocycles. The van der Waals surface area contributed by atoms with Crippen LogP contribution >= 0.6 is 11.8 Å². The third-order valence-electron chi connectivity index (χ3n) is 3.44. The molecule has 0 atom stereocenters. The Morgan fingerprint density at radius 2 is 2.08 bits per heavy atom. The summed E-state index contributed by atoms with van der Waals surface area (Å²) in [6.45, 7) is 1.95. The third-order valence-corrected chi connectivity index (χ3v) is 4.39. The number of aromatic nitrogens is 5. The molecule has 4 rings (SSSR count). The van der Waals surface area contributed by atoms with Crippen molar-refractivity contribution in [1.29, 1.82) is 0 Å². The van der Waals surface area contributed by atoms with Gasteiger partial charge in [-0.3, -0.25) is 5.10 Å². The van der Waals surface area contributed by atoms with E-state index in [2.05, 4.69) is 25.6 Å². The minimum Gasteiger partial charge on any atom is -0.398 e. The van der Waals surface area contributed by atoms with E-state index in [1.807, 2.05) is 55.6 Å². The second kappa shape index (κ2) is 5.89. The zero-order valence-electron chi connectivity index (χ0n) is 12.9. The van der Waals surface area contributed by atoms with Crippen molar-refractivity contribution in [3.63, 3.8) is 0 Å². The number of benzene rings is 1. The highest BCUT2D eigenvalue weighted by molar-refractivity contribution is 7.99. The lowest BCUT2D eigenvalue weighted by atomic mass is 10.3. The fraction of sp³-hybridized carbons (Fsp3) is 0.0625. The van der Waals surface area contributed by atoms with E-state index in [0.717, 1.165) is 16.1 Å². The fourth-order valence-electron chi connectivity index (χ4n) is 2.32. The van der Waals surface area contributed by atoms with Gasteiger partial charge >= 0.3 is 0 Å². The highest BCUT2D eigenvalue weighted by Crippen LogP contribution is 2.31. The number of fused-ring (bicyclic) bond motifs is 1. The molecule has 0 fully saturated rings. The standard InChI is InChI=1S/C16H15N7S/c1-10-9-14(21-20-10)18-15-12-6-4-8-23(12)22-16(19-15)24-13-7-3-2-5-11(13)17/h2-9H,17H2,1H3,(H2,18,19,20,21,22). The summed E-state index contributed by atoms with van der Waals surface area (Å²) in [6, 6.07) is 13.5. The number of aryl methyl sites for hydroxylation is 1. The largest absolute Gasteiger partial charge is 0.398 e. The van der Waals surface area contributed by atoms with Crippen LogP contribution in [0.25, 0.3) is 5.52 Å². The summed E-state index contributed by atoms with van der Waals surface area (Å²) < 4.78 is 1.79. The Hall–Kier alpha value is -3.00. The van der Waals surface area contributed by atoms with Crippen molar-refractivity contribution in [1.82, 2.24) is 24.8 Å². The van der Waals surface area contributed by atoms with Crippen LogP contribution in [0.2, 0.25) is 0 Å². The first-order valence-electron chi connectivity index (χ1n) is 7.36. The molecule has 4 N–H and O–H groups in total. The Morgan fingerprint density at radius 3 is 2.88 bits per heavy atom. The number of anilines is 3. The lowest BCUT2D eigenvalue weighted by Crippen LogP contribution is -2.03. The summed E-state index contributed by atoms with van der Waals surface area (Å²) in [5, 5.41) is 15.5. The van der Waals surface area contributed by atoms with Gasteiger partial charge in [-0.2, -0.15) is 5.10 Å². The maximum Gasteiger partial charge on any atom is 0.214 e. The highest BCUT2D eigenvalue weighted by Gasteiger charge is 2.11. The molecule has 0 amide bonds.